The number of nitrogens with one attached hydrogen (secondary N) is 1. The van der Waals surface area contributed by atoms with Gasteiger partial charge in [0.15, 0.2) is 11.6 Å². The maximum absolute atomic E-state index is 12.2. The van der Waals surface area contributed by atoms with E-state index >= 15 is 0 Å². The number of rotatable bonds is 5. The summed E-state index contributed by atoms with van der Waals surface area (Å²) < 4.78 is 0. The molecule has 24 heavy (non-hydrogen) atoms. The van der Waals surface area contributed by atoms with Gasteiger partial charge in [0.1, 0.15) is 21.7 Å². The fraction of sp³-hybridized carbons (Fsp3) is 0.0588. The number of carbonyl (C=O) groups is 1. The molecule has 0 aliphatic rings. The highest BCUT2D eigenvalue weighted by Crippen LogP contribution is 2.32. The van der Waals surface area contributed by atoms with Crippen molar-refractivity contribution < 1.29 is 4.79 Å². The predicted molar refractivity (Wildman–Crippen MR) is 97.8 cm³/mol. The Morgan fingerprint density at radius 2 is 2.00 bits per heavy atom. The summed E-state index contributed by atoms with van der Waals surface area (Å²) >= 11 is 3.15. The molecule has 118 valence electrons. The van der Waals surface area contributed by atoms with Crippen LogP contribution >= 0.6 is 22.7 Å². The van der Waals surface area contributed by atoms with Crippen LogP contribution in [0.4, 0.5) is 5.82 Å². The van der Waals surface area contributed by atoms with E-state index in [0.717, 1.165) is 15.4 Å². The third kappa shape index (κ3) is 2.91. The summed E-state index contributed by atoms with van der Waals surface area (Å²) in [5, 5.41) is 8.07. The molecule has 0 aliphatic carbocycles. The number of thiophene rings is 1. The first kappa shape index (κ1) is 14.9. The minimum absolute atomic E-state index is 0.00986. The van der Waals surface area contributed by atoms with E-state index in [9.17, 15) is 4.79 Å². The second-order valence-electron chi connectivity index (χ2n) is 5.05. The highest BCUT2D eigenvalue weighted by atomic mass is 32.1. The molecule has 7 heteroatoms. The number of benzene rings is 1. The van der Waals surface area contributed by atoms with Crippen LogP contribution < -0.4 is 5.32 Å². The lowest BCUT2D eigenvalue weighted by molar-refractivity contribution is 0.101. The molecular formula is C17H12N4OS2. The molecule has 0 fully saturated rings. The first-order chi connectivity index (χ1) is 11.8. The average molecular weight is 352 g/mol. The molecule has 1 aromatic carbocycles. The van der Waals surface area contributed by atoms with Crippen LogP contribution in [0.2, 0.25) is 0 Å². The van der Waals surface area contributed by atoms with Gasteiger partial charge < -0.3 is 5.32 Å². The summed E-state index contributed by atoms with van der Waals surface area (Å²) in [5.74, 6) is 0.595. The van der Waals surface area contributed by atoms with Gasteiger partial charge in [-0.05, 0) is 11.4 Å². The van der Waals surface area contributed by atoms with E-state index in [0.29, 0.717) is 16.9 Å². The largest absolute Gasteiger partial charge is 0.361 e. The van der Waals surface area contributed by atoms with E-state index < -0.39 is 0 Å². The second-order valence-corrected chi connectivity index (χ2v) is 6.81. The van der Waals surface area contributed by atoms with Crippen molar-refractivity contribution >= 4 is 44.6 Å². The van der Waals surface area contributed by atoms with E-state index in [1.165, 1.54) is 17.7 Å². The Labute approximate surface area is 146 Å². The second kappa shape index (κ2) is 6.46. The number of nitrogens with zero attached hydrogens (tertiary/aromatic N) is 3. The highest BCUT2D eigenvalue weighted by Gasteiger charge is 2.13. The zero-order valence-electron chi connectivity index (χ0n) is 12.5. The summed E-state index contributed by atoms with van der Waals surface area (Å²) in [6.07, 6.45) is 1.49. The van der Waals surface area contributed by atoms with Crippen LogP contribution in [0.5, 0.6) is 0 Å². The zero-order valence-corrected chi connectivity index (χ0v) is 14.1. The molecule has 0 unspecified atom stereocenters. The number of ketones is 1. The van der Waals surface area contributed by atoms with E-state index in [1.807, 2.05) is 29.6 Å². The number of carbonyl (C=O) groups excluding carboxylic acids is 1. The van der Waals surface area contributed by atoms with Crippen LogP contribution in [0.1, 0.15) is 10.4 Å². The number of aromatic nitrogens is 3. The Balaban J connectivity index is 1.59. The van der Waals surface area contributed by atoms with Crippen LogP contribution in [-0.4, -0.2) is 27.3 Å². The molecule has 0 saturated carbocycles. The lowest BCUT2D eigenvalue weighted by Crippen LogP contribution is -2.15. The van der Waals surface area contributed by atoms with Gasteiger partial charge in [0.05, 0.1) is 6.54 Å². The first-order valence-corrected chi connectivity index (χ1v) is 9.03. The van der Waals surface area contributed by atoms with Crippen LogP contribution in [-0.2, 0) is 0 Å². The molecule has 0 aliphatic heterocycles. The molecule has 0 saturated heterocycles. The van der Waals surface area contributed by atoms with Crippen LogP contribution in [0.3, 0.4) is 0 Å². The number of hydrogen-bond acceptors (Lipinski definition) is 7. The Hall–Kier alpha value is -2.64. The number of hydrogen-bond donors (Lipinski definition) is 1. The van der Waals surface area contributed by atoms with Crippen molar-refractivity contribution in [3.05, 3.63) is 59.0 Å². The number of fused-ring (bicyclic) bond motifs is 1. The van der Waals surface area contributed by atoms with Crippen molar-refractivity contribution in [3.63, 3.8) is 0 Å². The van der Waals surface area contributed by atoms with Crippen molar-refractivity contribution in [2.45, 2.75) is 0 Å². The Morgan fingerprint density at radius 1 is 1.12 bits per heavy atom. The van der Waals surface area contributed by atoms with Crippen molar-refractivity contribution in [2.24, 2.45) is 0 Å². The molecule has 0 amide bonds. The minimum Gasteiger partial charge on any atom is -0.361 e. The van der Waals surface area contributed by atoms with Gasteiger partial charge in [-0.1, -0.05) is 41.7 Å². The molecule has 1 N–H and O–H groups in total. The molecular weight excluding hydrogens is 340 g/mol. The molecule has 4 rings (SSSR count). The predicted octanol–water partition coefficient (Wildman–Crippen LogP) is 4.11. The van der Waals surface area contributed by atoms with Gasteiger partial charge in [-0.15, -0.1) is 0 Å². The van der Waals surface area contributed by atoms with Crippen molar-refractivity contribution in [1.29, 1.82) is 0 Å². The summed E-state index contributed by atoms with van der Waals surface area (Å²) in [5.41, 5.74) is 2.45. The molecule has 0 atom stereocenters. The van der Waals surface area contributed by atoms with Crippen molar-refractivity contribution in [1.82, 2.24) is 15.0 Å². The van der Waals surface area contributed by atoms with Crippen LogP contribution in [0.25, 0.3) is 20.9 Å². The van der Waals surface area contributed by atoms with E-state index in [2.05, 4.69) is 25.6 Å². The summed E-state index contributed by atoms with van der Waals surface area (Å²) in [6, 6.07) is 11.2. The quantitative estimate of drug-likeness (QED) is 0.548. The molecule has 3 aromatic heterocycles. The van der Waals surface area contributed by atoms with Gasteiger partial charge in [0, 0.05) is 16.5 Å². The minimum atomic E-state index is 0.00986. The topological polar surface area (TPSA) is 67.8 Å². The SMILES string of the molecule is O=C(CNc1ncnc2sc(-c3ccsc3)nc12)c1ccccc1. The first-order valence-electron chi connectivity index (χ1n) is 7.27. The van der Waals surface area contributed by atoms with Crippen molar-refractivity contribution in [3.8, 4) is 10.6 Å². The van der Waals surface area contributed by atoms with Crippen molar-refractivity contribution in [2.75, 3.05) is 11.9 Å². The highest BCUT2D eigenvalue weighted by molar-refractivity contribution is 7.21. The van der Waals surface area contributed by atoms with E-state index in [-0.39, 0.29) is 12.3 Å². The van der Waals surface area contributed by atoms with Gasteiger partial charge in [-0.25, -0.2) is 15.0 Å². The number of Topliss-reactive ketones (excluding diaryl/α,β-unsaturated/α-hetero) is 1. The monoisotopic (exact) mass is 352 g/mol. The lowest BCUT2D eigenvalue weighted by atomic mass is 10.1. The molecule has 0 radical (unpaired) electrons. The standard InChI is InChI=1S/C17H12N4OS2/c22-13(11-4-2-1-3-5-11)8-18-15-14-17(20-10-19-15)24-16(21-14)12-6-7-23-9-12/h1-7,9-10H,8H2,(H,18,19,20). The van der Waals surface area contributed by atoms with Crippen LogP contribution in [0, 0.1) is 0 Å². The number of anilines is 1. The lowest BCUT2D eigenvalue weighted by Gasteiger charge is -2.05. The Kier molecular flexibility index (Phi) is 4.02. The van der Waals surface area contributed by atoms with Gasteiger partial charge >= 0.3 is 0 Å². The fourth-order valence-corrected chi connectivity index (χ4v) is 3.90. The number of thiazole rings is 1. The van der Waals surface area contributed by atoms with Gasteiger partial charge in [-0.3, -0.25) is 4.79 Å². The Morgan fingerprint density at radius 3 is 2.79 bits per heavy atom. The summed E-state index contributed by atoms with van der Waals surface area (Å²) in [6.45, 7) is 0.168. The van der Waals surface area contributed by atoms with E-state index in [4.69, 9.17) is 0 Å². The molecule has 4 aromatic rings. The maximum atomic E-state index is 12.2. The molecule has 0 bridgehead atoms. The fourth-order valence-electron chi connectivity index (χ4n) is 2.28. The average Bonchev–Trinajstić information content (AvgIpc) is 3.29. The smallest absolute Gasteiger partial charge is 0.181 e. The normalized spacial score (nSPS) is 10.8. The third-order valence-electron chi connectivity index (χ3n) is 3.48. The Bertz CT molecular complexity index is 980. The van der Waals surface area contributed by atoms with Gasteiger partial charge in [0.2, 0.25) is 0 Å². The van der Waals surface area contributed by atoms with Gasteiger partial charge in [0.25, 0.3) is 0 Å². The zero-order chi connectivity index (χ0) is 16.4. The molecule has 0 spiro atoms. The van der Waals surface area contributed by atoms with E-state index in [1.54, 1.807) is 23.5 Å². The maximum Gasteiger partial charge on any atom is 0.181 e. The van der Waals surface area contributed by atoms with Crippen LogP contribution in [0.15, 0.2) is 53.5 Å². The third-order valence-corrected chi connectivity index (χ3v) is 5.17. The summed E-state index contributed by atoms with van der Waals surface area (Å²) in [7, 11) is 0. The molecule has 3 heterocycles. The van der Waals surface area contributed by atoms with Gasteiger partial charge in [-0.2, -0.15) is 11.3 Å². The summed E-state index contributed by atoms with van der Waals surface area (Å²) in [4.78, 5) is 26.2. The molecule has 5 nitrogen and oxygen atoms in total.